The number of anilines is 1. The predicted molar refractivity (Wildman–Crippen MR) is 105 cm³/mol. The number of hydrogen-bond acceptors (Lipinski definition) is 5. The van der Waals surface area contributed by atoms with Gasteiger partial charge in [-0.15, -0.1) is 0 Å². The average Bonchev–Trinajstić information content (AvgIpc) is 2.74. The zero-order valence-electron chi connectivity index (χ0n) is 16.3. The van der Waals surface area contributed by atoms with Gasteiger partial charge in [0.25, 0.3) is 0 Å². The summed E-state index contributed by atoms with van der Waals surface area (Å²) in [6, 6.07) is 9.81. The summed E-state index contributed by atoms with van der Waals surface area (Å²) in [6.45, 7) is 6.01. The van der Waals surface area contributed by atoms with Crippen molar-refractivity contribution in [2.75, 3.05) is 50.8 Å². The number of nitrogens with one attached hydrogen (secondary N) is 1. The Hall–Kier alpha value is -2.95. The molecule has 8 heteroatoms. The third-order valence-corrected chi connectivity index (χ3v) is 5.28. The van der Waals surface area contributed by atoms with Crippen LogP contribution in [0.4, 0.5) is 15.3 Å². The summed E-state index contributed by atoms with van der Waals surface area (Å²) in [4.78, 5) is 30.0. The Morgan fingerprint density at radius 2 is 1.79 bits per heavy atom. The molecule has 2 fully saturated rings. The molecular formula is C20H27N5O3. The van der Waals surface area contributed by atoms with Gasteiger partial charge in [-0.1, -0.05) is 12.1 Å². The molecule has 28 heavy (non-hydrogen) atoms. The van der Waals surface area contributed by atoms with Crippen molar-refractivity contribution in [2.24, 2.45) is 0 Å². The van der Waals surface area contributed by atoms with Crippen LogP contribution in [0, 0.1) is 11.3 Å². The van der Waals surface area contributed by atoms with Crippen LogP contribution in [0.2, 0.25) is 0 Å². The molecule has 3 rings (SSSR count). The topological polar surface area (TPSA) is 88.9 Å². The van der Waals surface area contributed by atoms with Gasteiger partial charge in [0.1, 0.15) is 6.07 Å². The van der Waals surface area contributed by atoms with E-state index in [-0.39, 0.29) is 18.2 Å². The lowest BCUT2D eigenvalue weighted by Crippen LogP contribution is -2.55. The molecule has 0 saturated carbocycles. The smallest absolute Gasteiger partial charge is 0.409 e. The molecule has 2 saturated heterocycles. The van der Waals surface area contributed by atoms with Crippen molar-refractivity contribution < 1.29 is 14.3 Å². The standard InChI is InChI=1S/C20H27N5O3/c1-2-28-20(27)25-9-7-17(8-10-25)22-19(26)24-13-11-23(12-14-24)18-6-4-3-5-16(18)15-21/h3-6,17H,2,7-14H2,1H3,(H,22,26). The van der Waals surface area contributed by atoms with E-state index in [1.165, 1.54) is 0 Å². The van der Waals surface area contributed by atoms with Crippen LogP contribution >= 0.6 is 0 Å². The molecule has 3 amide bonds. The summed E-state index contributed by atoms with van der Waals surface area (Å²) in [5.41, 5.74) is 1.59. The highest BCUT2D eigenvalue weighted by Crippen LogP contribution is 2.21. The van der Waals surface area contributed by atoms with Gasteiger partial charge in [-0.2, -0.15) is 5.26 Å². The van der Waals surface area contributed by atoms with Gasteiger partial charge in [0.2, 0.25) is 0 Å². The van der Waals surface area contributed by atoms with Gasteiger partial charge in [-0.3, -0.25) is 0 Å². The predicted octanol–water partition coefficient (Wildman–Crippen LogP) is 2.01. The molecule has 0 unspecified atom stereocenters. The lowest BCUT2D eigenvalue weighted by molar-refractivity contribution is 0.0950. The number of piperidine rings is 1. The highest BCUT2D eigenvalue weighted by atomic mass is 16.6. The molecule has 1 N–H and O–H groups in total. The maximum absolute atomic E-state index is 12.6. The number of para-hydroxylation sites is 1. The molecule has 0 spiro atoms. The molecule has 0 atom stereocenters. The number of piperazine rings is 1. The average molecular weight is 385 g/mol. The van der Waals surface area contributed by atoms with Crippen LogP contribution in [0.25, 0.3) is 0 Å². The van der Waals surface area contributed by atoms with Crippen molar-refractivity contribution >= 4 is 17.8 Å². The summed E-state index contributed by atoms with van der Waals surface area (Å²) in [7, 11) is 0. The van der Waals surface area contributed by atoms with E-state index < -0.39 is 0 Å². The highest BCUT2D eigenvalue weighted by molar-refractivity contribution is 5.75. The molecule has 2 heterocycles. The number of hydrogen-bond donors (Lipinski definition) is 1. The number of benzene rings is 1. The Morgan fingerprint density at radius 3 is 2.43 bits per heavy atom. The lowest BCUT2D eigenvalue weighted by Gasteiger charge is -2.38. The Morgan fingerprint density at radius 1 is 1.11 bits per heavy atom. The van der Waals surface area contributed by atoms with Crippen molar-refractivity contribution in [1.29, 1.82) is 5.26 Å². The van der Waals surface area contributed by atoms with Gasteiger partial charge in [0.15, 0.2) is 0 Å². The second-order valence-corrected chi connectivity index (χ2v) is 7.01. The summed E-state index contributed by atoms with van der Waals surface area (Å²) >= 11 is 0. The van der Waals surface area contributed by atoms with Crippen molar-refractivity contribution in [3.05, 3.63) is 29.8 Å². The number of amides is 3. The SMILES string of the molecule is CCOC(=O)N1CCC(NC(=O)N2CCN(c3ccccc3C#N)CC2)CC1. The molecule has 0 radical (unpaired) electrons. The monoisotopic (exact) mass is 385 g/mol. The van der Waals surface area contributed by atoms with Crippen LogP contribution in [-0.2, 0) is 4.74 Å². The molecule has 0 bridgehead atoms. The molecule has 2 aliphatic heterocycles. The first kappa shape index (κ1) is 19.8. The van der Waals surface area contributed by atoms with Gasteiger partial charge < -0.3 is 24.8 Å². The highest BCUT2D eigenvalue weighted by Gasteiger charge is 2.27. The quantitative estimate of drug-likeness (QED) is 0.860. The minimum atomic E-state index is -0.277. The summed E-state index contributed by atoms with van der Waals surface area (Å²) < 4.78 is 5.02. The summed E-state index contributed by atoms with van der Waals surface area (Å²) in [5, 5.41) is 12.4. The second-order valence-electron chi connectivity index (χ2n) is 7.01. The van der Waals surface area contributed by atoms with E-state index >= 15 is 0 Å². The number of nitriles is 1. The van der Waals surface area contributed by atoms with Crippen molar-refractivity contribution in [3.63, 3.8) is 0 Å². The van der Waals surface area contributed by atoms with Crippen LogP contribution < -0.4 is 10.2 Å². The third kappa shape index (κ3) is 4.66. The third-order valence-electron chi connectivity index (χ3n) is 5.28. The minimum Gasteiger partial charge on any atom is -0.450 e. The first-order chi connectivity index (χ1) is 13.6. The van der Waals surface area contributed by atoms with E-state index in [0.29, 0.717) is 51.4 Å². The number of ether oxygens (including phenoxy) is 1. The van der Waals surface area contributed by atoms with Crippen LogP contribution in [0.15, 0.2) is 24.3 Å². The van der Waals surface area contributed by atoms with Crippen molar-refractivity contribution in [3.8, 4) is 6.07 Å². The Bertz CT molecular complexity index is 732. The lowest BCUT2D eigenvalue weighted by atomic mass is 10.1. The fraction of sp³-hybridized carbons (Fsp3) is 0.550. The van der Waals surface area contributed by atoms with E-state index in [1.54, 1.807) is 11.8 Å². The largest absolute Gasteiger partial charge is 0.450 e. The van der Waals surface area contributed by atoms with E-state index in [9.17, 15) is 14.9 Å². The maximum Gasteiger partial charge on any atom is 0.409 e. The molecule has 2 aliphatic rings. The summed E-state index contributed by atoms with van der Waals surface area (Å²) in [6.07, 6.45) is 1.20. The maximum atomic E-state index is 12.6. The number of likely N-dealkylation sites (tertiary alicyclic amines) is 1. The minimum absolute atomic E-state index is 0.0530. The van der Waals surface area contributed by atoms with Gasteiger partial charge in [0.05, 0.1) is 17.9 Å². The van der Waals surface area contributed by atoms with E-state index in [0.717, 1.165) is 18.5 Å². The molecule has 0 aromatic heterocycles. The molecule has 1 aromatic rings. The van der Waals surface area contributed by atoms with Crippen LogP contribution in [0.3, 0.4) is 0 Å². The Balaban J connectivity index is 1.45. The van der Waals surface area contributed by atoms with Crippen molar-refractivity contribution in [1.82, 2.24) is 15.1 Å². The van der Waals surface area contributed by atoms with Crippen LogP contribution in [0.5, 0.6) is 0 Å². The molecule has 0 aliphatic carbocycles. The first-order valence-corrected chi connectivity index (χ1v) is 9.83. The number of carbonyl (C=O) groups excluding carboxylic acids is 2. The first-order valence-electron chi connectivity index (χ1n) is 9.83. The normalized spacial score (nSPS) is 17.8. The Labute approximate surface area is 165 Å². The van der Waals surface area contributed by atoms with Crippen LogP contribution in [-0.4, -0.2) is 73.8 Å². The molecule has 1 aromatic carbocycles. The second kappa shape index (κ2) is 9.31. The van der Waals surface area contributed by atoms with Crippen LogP contribution in [0.1, 0.15) is 25.3 Å². The number of urea groups is 1. The van der Waals surface area contributed by atoms with E-state index in [4.69, 9.17) is 4.74 Å². The zero-order valence-corrected chi connectivity index (χ0v) is 16.3. The fourth-order valence-corrected chi connectivity index (χ4v) is 3.68. The van der Waals surface area contributed by atoms with Gasteiger partial charge >= 0.3 is 12.1 Å². The van der Waals surface area contributed by atoms with Crippen molar-refractivity contribution in [2.45, 2.75) is 25.8 Å². The van der Waals surface area contributed by atoms with E-state index in [2.05, 4.69) is 16.3 Å². The number of rotatable bonds is 3. The molecule has 150 valence electrons. The van der Waals surface area contributed by atoms with Gasteiger partial charge in [-0.05, 0) is 31.9 Å². The summed E-state index contributed by atoms with van der Waals surface area (Å²) in [5.74, 6) is 0. The molecule has 8 nitrogen and oxygen atoms in total. The number of carbonyl (C=O) groups is 2. The number of nitrogens with zero attached hydrogens (tertiary/aromatic N) is 4. The van der Waals surface area contributed by atoms with Gasteiger partial charge in [0, 0.05) is 45.3 Å². The fourth-order valence-electron chi connectivity index (χ4n) is 3.68. The van der Waals surface area contributed by atoms with E-state index in [1.807, 2.05) is 29.2 Å². The molecular weight excluding hydrogens is 358 g/mol. The van der Waals surface area contributed by atoms with Gasteiger partial charge in [-0.25, -0.2) is 9.59 Å². The zero-order chi connectivity index (χ0) is 19.9. The Kier molecular flexibility index (Phi) is 6.58.